The Labute approximate surface area is 96.1 Å². The predicted molar refractivity (Wildman–Crippen MR) is 57.1 cm³/mol. The summed E-state index contributed by atoms with van der Waals surface area (Å²) in [6.07, 6.45) is 0. The van der Waals surface area contributed by atoms with E-state index in [1.54, 1.807) is 0 Å². The van der Waals surface area contributed by atoms with Crippen molar-refractivity contribution in [3.8, 4) is 0 Å². The number of carbonyl (C=O) groups excluding carboxylic acids is 1. The van der Waals surface area contributed by atoms with Crippen molar-refractivity contribution in [1.29, 1.82) is 0 Å². The van der Waals surface area contributed by atoms with E-state index < -0.39 is 23.6 Å². The highest BCUT2D eigenvalue weighted by Crippen LogP contribution is 2.18. The van der Waals surface area contributed by atoms with Gasteiger partial charge in [0.15, 0.2) is 23.3 Å². The topological polar surface area (TPSA) is 89.3 Å². The molecule has 0 amide bonds. The van der Waals surface area contributed by atoms with Crippen molar-refractivity contribution in [2.75, 3.05) is 17.9 Å². The van der Waals surface area contributed by atoms with Crippen molar-refractivity contribution < 1.29 is 18.3 Å². The van der Waals surface area contributed by atoms with Crippen LogP contribution >= 0.6 is 0 Å². The van der Waals surface area contributed by atoms with Gasteiger partial charge in [0.25, 0.3) is 0 Å². The lowest BCUT2D eigenvalue weighted by atomic mass is 10.3. The zero-order chi connectivity index (χ0) is 13.0. The van der Waals surface area contributed by atoms with Gasteiger partial charge in [0.2, 0.25) is 0 Å². The lowest BCUT2D eigenvalue weighted by Gasteiger charge is -2.13. The van der Waals surface area contributed by atoms with E-state index in [9.17, 15) is 13.6 Å². The van der Waals surface area contributed by atoms with Gasteiger partial charge in [-0.1, -0.05) is 0 Å². The molecule has 0 saturated heterocycles. The van der Waals surface area contributed by atoms with E-state index >= 15 is 0 Å². The van der Waals surface area contributed by atoms with Gasteiger partial charge in [0, 0.05) is 6.07 Å². The number of aromatic nitrogens is 1. The van der Waals surface area contributed by atoms with Gasteiger partial charge in [-0.25, -0.2) is 24.4 Å². The summed E-state index contributed by atoms with van der Waals surface area (Å²) in [4.78, 5) is 14.6. The Hall–Kier alpha value is -1.96. The highest BCUT2D eigenvalue weighted by atomic mass is 19.1. The molecule has 0 bridgehead atoms. The summed E-state index contributed by atoms with van der Waals surface area (Å²) in [5.41, 5.74) is 1.97. The van der Waals surface area contributed by atoms with Gasteiger partial charge < -0.3 is 15.5 Å². The maximum Gasteiger partial charge on any atom is 0.328 e. The van der Waals surface area contributed by atoms with Crippen LogP contribution in [-0.2, 0) is 9.53 Å². The Kier molecular flexibility index (Phi) is 4.16. The van der Waals surface area contributed by atoms with Crippen molar-refractivity contribution >= 4 is 17.6 Å². The fraction of sp³-hybridized carbons (Fsp3) is 0.333. The number of ether oxygens (including phenoxy) is 1. The molecule has 4 N–H and O–H groups in total. The van der Waals surface area contributed by atoms with Gasteiger partial charge in [-0.15, -0.1) is 0 Å². The van der Waals surface area contributed by atoms with Gasteiger partial charge >= 0.3 is 5.97 Å². The second kappa shape index (κ2) is 5.39. The van der Waals surface area contributed by atoms with Gasteiger partial charge in [0.05, 0.1) is 7.11 Å². The predicted octanol–water partition coefficient (Wildman–Crippen LogP) is 0.619. The van der Waals surface area contributed by atoms with Crippen molar-refractivity contribution in [1.82, 2.24) is 4.98 Å². The number of hydrogen-bond donors (Lipinski definition) is 3. The number of nitrogens with two attached hydrogens (primary N) is 1. The second-order valence-corrected chi connectivity index (χ2v) is 3.18. The van der Waals surface area contributed by atoms with Crippen molar-refractivity contribution in [2.45, 2.75) is 13.0 Å². The zero-order valence-corrected chi connectivity index (χ0v) is 9.25. The Morgan fingerprint density at radius 2 is 2.06 bits per heavy atom. The van der Waals surface area contributed by atoms with Crippen LogP contribution in [0.1, 0.15) is 6.92 Å². The molecule has 0 radical (unpaired) electrons. The molecule has 1 unspecified atom stereocenters. The molecule has 0 saturated carbocycles. The largest absolute Gasteiger partial charge is 0.467 e. The third kappa shape index (κ3) is 3.00. The number of carbonyl (C=O) groups is 1. The normalized spacial score (nSPS) is 11.8. The van der Waals surface area contributed by atoms with E-state index in [1.807, 2.05) is 5.43 Å². The standard InChI is InChI=1S/C9H12F2N4O2/c1-4(9(16)17-2)13-7-5(10)3-6(11)8(14-7)15-12/h3-4H,12H2,1-2H3,(H2,13,14,15). The first-order valence-electron chi connectivity index (χ1n) is 4.66. The molecule has 1 heterocycles. The van der Waals surface area contributed by atoms with Gasteiger partial charge in [0.1, 0.15) is 6.04 Å². The van der Waals surface area contributed by atoms with E-state index in [0.29, 0.717) is 6.07 Å². The SMILES string of the molecule is COC(=O)C(C)Nc1nc(NN)c(F)cc1F. The lowest BCUT2D eigenvalue weighted by molar-refractivity contribution is -0.141. The molecular weight excluding hydrogens is 234 g/mol. The van der Waals surface area contributed by atoms with E-state index in [-0.39, 0.29) is 11.6 Å². The van der Waals surface area contributed by atoms with Gasteiger partial charge in [-0.3, -0.25) is 0 Å². The monoisotopic (exact) mass is 246 g/mol. The summed E-state index contributed by atoms with van der Waals surface area (Å²) < 4.78 is 30.8. The lowest BCUT2D eigenvalue weighted by Crippen LogP contribution is -2.28. The third-order valence-electron chi connectivity index (χ3n) is 1.97. The minimum Gasteiger partial charge on any atom is -0.467 e. The summed E-state index contributed by atoms with van der Waals surface area (Å²) in [5.74, 6) is 1.91. The highest BCUT2D eigenvalue weighted by molar-refractivity contribution is 5.78. The van der Waals surface area contributed by atoms with Crippen LogP contribution in [0.4, 0.5) is 20.4 Å². The van der Waals surface area contributed by atoms with Crippen LogP contribution in [0.15, 0.2) is 6.07 Å². The number of esters is 1. The van der Waals surface area contributed by atoms with E-state index in [4.69, 9.17) is 5.84 Å². The molecule has 0 aliphatic rings. The van der Waals surface area contributed by atoms with Crippen LogP contribution in [0.5, 0.6) is 0 Å². The quantitative estimate of drug-likeness (QED) is 0.410. The summed E-state index contributed by atoms with van der Waals surface area (Å²) >= 11 is 0. The zero-order valence-electron chi connectivity index (χ0n) is 9.25. The number of methoxy groups -OCH3 is 1. The number of pyridine rings is 1. The van der Waals surface area contributed by atoms with Crippen LogP contribution in [0, 0.1) is 11.6 Å². The Morgan fingerprint density at radius 3 is 2.59 bits per heavy atom. The van der Waals surface area contributed by atoms with Gasteiger partial charge in [-0.05, 0) is 6.92 Å². The van der Waals surface area contributed by atoms with Crippen molar-refractivity contribution in [2.24, 2.45) is 5.84 Å². The Bertz CT molecular complexity index is 428. The molecule has 6 nitrogen and oxygen atoms in total. The van der Waals surface area contributed by atoms with E-state index in [0.717, 1.165) is 0 Å². The molecule has 8 heteroatoms. The van der Waals surface area contributed by atoms with E-state index in [2.05, 4.69) is 15.0 Å². The number of rotatable bonds is 4. The average molecular weight is 246 g/mol. The molecule has 0 fully saturated rings. The third-order valence-corrected chi connectivity index (χ3v) is 1.97. The van der Waals surface area contributed by atoms with Crippen molar-refractivity contribution in [3.63, 3.8) is 0 Å². The number of halogens is 2. The number of nitrogen functional groups attached to an aromatic ring is 1. The average Bonchev–Trinajstić information content (AvgIpc) is 2.31. The molecule has 17 heavy (non-hydrogen) atoms. The smallest absolute Gasteiger partial charge is 0.328 e. The van der Waals surface area contributed by atoms with Crippen LogP contribution in [-0.4, -0.2) is 24.1 Å². The minimum atomic E-state index is -0.933. The van der Waals surface area contributed by atoms with Crippen molar-refractivity contribution in [3.05, 3.63) is 17.7 Å². The van der Waals surface area contributed by atoms with Crippen LogP contribution in [0.25, 0.3) is 0 Å². The molecule has 1 atom stereocenters. The summed E-state index contributed by atoms with van der Waals surface area (Å²) in [7, 11) is 1.20. The fourth-order valence-corrected chi connectivity index (χ4v) is 1.11. The summed E-state index contributed by atoms with van der Waals surface area (Å²) in [6.45, 7) is 1.45. The molecule has 0 spiro atoms. The number of nitrogens with one attached hydrogen (secondary N) is 2. The molecule has 1 aromatic rings. The maximum absolute atomic E-state index is 13.3. The summed E-state index contributed by atoms with van der Waals surface area (Å²) in [5, 5.41) is 2.44. The van der Waals surface area contributed by atoms with Crippen LogP contribution in [0.3, 0.4) is 0 Å². The van der Waals surface area contributed by atoms with Crippen LogP contribution < -0.4 is 16.6 Å². The van der Waals surface area contributed by atoms with Gasteiger partial charge in [-0.2, -0.15) is 0 Å². The highest BCUT2D eigenvalue weighted by Gasteiger charge is 2.17. The molecule has 0 aliphatic heterocycles. The molecule has 0 aliphatic carbocycles. The second-order valence-electron chi connectivity index (χ2n) is 3.18. The molecule has 94 valence electrons. The Balaban J connectivity index is 2.94. The maximum atomic E-state index is 13.3. The first-order chi connectivity index (χ1) is 7.99. The number of hydrazine groups is 1. The number of anilines is 2. The first-order valence-corrected chi connectivity index (χ1v) is 4.66. The molecule has 1 aromatic heterocycles. The molecule has 1 rings (SSSR count). The van der Waals surface area contributed by atoms with Crippen LogP contribution in [0.2, 0.25) is 0 Å². The summed E-state index contributed by atoms with van der Waals surface area (Å²) in [6, 6.07) is -0.216. The fourth-order valence-electron chi connectivity index (χ4n) is 1.11. The van der Waals surface area contributed by atoms with E-state index in [1.165, 1.54) is 14.0 Å². The first kappa shape index (κ1) is 13.1. The number of hydrogen-bond acceptors (Lipinski definition) is 6. The molecular formula is C9H12F2N4O2. The number of nitrogens with zero attached hydrogens (tertiary/aromatic N) is 1. The Morgan fingerprint density at radius 1 is 1.47 bits per heavy atom. The molecule has 0 aromatic carbocycles. The minimum absolute atomic E-state index is 0.294.